The molecule has 1 saturated heterocycles. The Morgan fingerprint density at radius 3 is 2.79 bits per heavy atom. The molecule has 0 radical (unpaired) electrons. The zero-order valence-electron chi connectivity index (χ0n) is 16.2. The minimum atomic E-state index is -3.16. The molecule has 2 aromatic heterocycles. The fraction of sp³-hybridized carbons (Fsp3) is 0.611. The van der Waals surface area contributed by atoms with E-state index in [0.29, 0.717) is 31.0 Å². The van der Waals surface area contributed by atoms with Crippen molar-refractivity contribution in [3.05, 3.63) is 30.0 Å². The number of imidazole rings is 1. The van der Waals surface area contributed by atoms with Gasteiger partial charge in [-0.15, -0.1) is 0 Å². The van der Waals surface area contributed by atoms with Crippen LogP contribution in [0.15, 0.2) is 18.6 Å². The normalized spacial score (nSPS) is 20.9. The van der Waals surface area contributed by atoms with Crippen LogP contribution in [0.4, 0.5) is 0 Å². The maximum atomic E-state index is 12.5. The van der Waals surface area contributed by atoms with Crippen molar-refractivity contribution in [1.82, 2.24) is 28.9 Å². The zero-order valence-corrected chi connectivity index (χ0v) is 17.0. The van der Waals surface area contributed by atoms with E-state index in [2.05, 4.69) is 15.3 Å². The van der Waals surface area contributed by atoms with Crippen molar-refractivity contribution >= 4 is 21.6 Å². The van der Waals surface area contributed by atoms with Gasteiger partial charge >= 0.3 is 0 Å². The van der Waals surface area contributed by atoms with E-state index in [1.807, 2.05) is 29.5 Å². The number of rotatable bonds is 7. The lowest BCUT2D eigenvalue weighted by atomic mass is 10.0. The molecule has 9 nitrogen and oxygen atoms in total. The predicted molar refractivity (Wildman–Crippen MR) is 105 cm³/mol. The van der Waals surface area contributed by atoms with Gasteiger partial charge in [0.2, 0.25) is 10.0 Å². The molecule has 28 heavy (non-hydrogen) atoms. The summed E-state index contributed by atoms with van der Waals surface area (Å²) in [6.45, 7) is 2.28. The molecule has 0 bridgehead atoms. The van der Waals surface area contributed by atoms with Crippen LogP contribution in [0.1, 0.15) is 41.4 Å². The van der Waals surface area contributed by atoms with E-state index in [9.17, 15) is 13.2 Å². The molecule has 4 rings (SSSR count). The maximum absolute atomic E-state index is 12.5. The van der Waals surface area contributed by atoms with Gasteiger partial charge in [-0.1, -0.05) is 0 Å². The average Bonchev–Trinajstić information content (AvgIpc) is 3.24. The van der Waals surface area contributed by atoms with E-state index in [0.717, 1.165) is 31.5 Å². The summed E-state index contributed by atoms with van der Waals surface area (Å²) < 4.78 is 28.5. The Bertz CT molecular complexity index is 982. The lowest BCUT2D eigenvalue weighted by Crippen LogP contribution is -2.32. The van der Waals surface area contributed by atoms with Gasteiger partial charge in [-0.25, -0.2) is 22.7 Å². The summed E-state index contributed by atoms with van der Waals surface area (Å²) in [7, 11) is 0.729. The Labute approximate surface area is 164 Å². The summed E-state index contributed by atoms with van der Waals surface area (Å²) in [5, 5.41) is 2.67. The van der Waals surface area contributed by atoms with Crippen LogP contribution in [-0.2, 0) is 10.0 Å². The molecule has 1 aliphatic heterocycles. The number of carbonyl (C=O) groups excluding carboxylic acids is 1. The number of nitrogens with one attached hydrogen (secondary N) is 1. The van der Waals surface area contributed by atoms with E-state index in [1.54, 1.807) is 16.8 Å². The summed E-state index contributed by atoms with van der Waals surface area (Å²) in [5.74, 6) is -0.184. The van der Waals surface area contributed by atoms with Gasteiger partial charge in [-0.2, -0.15) is 0 Å². The first-order chi connectivity index (χ1) is 13.4. The van der Waals surface area contributed by atoms with Crippen molar-refractivity contribution in [3.8, 4) is 0 Å². The Hall–Kier alpha value is -2.04. The molecule has 2 aliphatic rings. The standard InChI is InChI=1S/C18H26N6O3S/c1-22(2)10-8-20-18(25)16-17-19-7-5-15(24(17)12-21-16)13-6-9-23(11-13)28(26,27)14-3-4-14/h5,7,12-14H,3-4,6,8-11H2,1-2H3,(H,20,25). The number of hydrogen-bond acceptors (Lipinski definition) is 6. The second kappa shape index (κ2) is 7.41. The Morgan fingerprint density at radius 1 is 1.29 bits per heavy atom. The summed E-state index contributed by atoms with van der Waals surface area (Å²) in [6.07, 6.45) is 5.58. The van der Waals surface area contributed by atoms with Gasteiger partial charge in [0, 0.05) is 44.0 Å². The molecule has 152 valence electrons. The van der Waals surface area contributed by atoms with Crippen molar-refractivity contribution in [2.75, 3.05) is 40.3 Å². The van der Waals surface area contributed by atoms with Crippen LogP contribution >= 0.6 is 0 Å². The van der Waals surface area contributed by atoms with Crippen LogP contribution in [0.5, 0.6) is 0 Å². The van der Waals surface area contributed by atoms with E-state index < -0.39 is 10.0 Å². The molecular weight excluding hydrogens is 380 g/mol. The highest BCUT2D eigenvalue weighted by molar-refractivity contribution is 7.90. The summed E-state index contributed by atoms with van der Waals surface area (Å²) >= 11 is 0. The van der Waals surface area contributed by atoms with Crippen LogP contribution in [0.2, 0.25) is 0 Å². The van der Waals surface area contributed by atoms with Gasteiger partial charge in [-0.3, -0.25) is 9.20 Å². The van der Waals surface area contributed by atoms with E-state index in [-0.39, 0.29) is 17.1 Å². The van der Waals surface area contributed by atoms with Crippen LogP contribution in [-0.4, -0.2) is 83.4 Å². The Balaban J connectivity index is 1.53. The number of fused-ring (bicyclic) bond motifs is 1. The third-order valence-corrected chi connectivity index (χ3v) is 7.76. The first kappa shape index (κ1) is 19.3. The van der Waals surface area contributed by atoms with Crippen LogP contribution in [0, 0.1) is 0 Å². The molecule has 3 heterocycles. The number of sulfonamides is 1. The number of aromatic nitrogens is 3. The molecule has 1 atom stereocenters. The van der Waals surface area contributed by atoms with E-state index >= 15 is 0 Å². The summed E-state index contributed by atoms with van der Waals surface area (Å²) in [4.78, 5) is 23.1. The molecule has 1 unspecified atom stereocenters. The monoisotopic (exact) mass is 406 g/mol. The second-order valence-corrected chi connectivity index (χ2v) is 10.0. The Morgan fingerprint density at radius 2 is 2.07 bits per heavy atom. The predicted octanol–water partition coefficient (Wildman–Crippen LogP) is 0.302. The van der Waals surface area contributed by atoms with Gasteiger partial charge in [0.1, 0.15) is 6.33 Å². The largest absolute Gasteiger partial charge is 0.349 e. The molecule has 1 saturated carbocycles. The molecule has 0 spiro atoms. The Kier molecular flexibility index (Phi) is 5.11. The number of nitrogens with zero attached hydrogens (tertiary/aromatic N) is 5. The molecule has 1 aliphatic carbocycles. The van der Waals surface area contributed by atoms with Crippen molar-refractivity contribution < 1.29 is 13.2 Å². The number of amides is 1. The van der Waals surface area contributed by atoms with Gasteiger partial charge in [0.25, 0.3) is 5.91 Å². The topological polar surface area (TPSA) is 99.9 Å². The first-order valence-electron chi connectivity index (χ1n) is 9.62. The number of hydrogen-bond donors (Lipinski definition) is 1. The van der Waals surface area contributed by atoms with Gasteiger partial charge < -0.3 is 10.2 Å². The van der Waals surface area contributed by atoms with Crippen LogP contribution < -0.4 is 5.32 Å². The summed E-state index contributed by atoms with van der Waals surface area (Å²) in [6, 6.07) is 1.89. The molecule has 2 fully saturated rings. The van der Waals surface area contributed by atoms with Crippen molar-refractivity contribution in [2.24, 2.45) is 0 Å². The smallest absolute Gasteiger partial charge is 0.273 e. The molecule has 1 amide bonds. The second-order valence-electron chi connectivity index (χ2n) is 7.80. The van der Waals surface area contributed by atoms with Crippen LogP contribution in [0.3, 0.4) is 0 Å². The van der Waals surface area contributed by atoms with Gasteiger partial charge in [-0.05, 0) is 39.4 Å². The lowest BCUT2D eigenvalue weighted by Gasteiger charge is -2.16. The quantitative estimate of drug-likeness (QED) is 0.710. The fourth-order valence-electron chi connectivity index (χ4n) is 3.67. The average molecular weight is 407 g/mol. The number of carbonyl (C=O) groups is 1. The van der Waals surface area contributed by atoms with Crippen molar-refractivity contribution in [1.29, 1.82) is 0 Å². The molecule has 0 aromatic carbocycles. The highest BCUT2D eigenvalue weighted by Gasteiger charge is 2.43. The molecule has 10 heteroatoms. The van der Waals surface area contributed by atoms with Gasteiger partial charge in [0.05, 0.1) is 5.25 Å². The fourth-order valence-corrected chi connectivity index (χ4v) is 5.57. The molecular formula is C18H26N6O3S. The minimum absolute atomic E-state index is 0.0675. The van der Waals surface area contributed by atoms with E-state index in [4.69, 9.17) is 0 Å². The zero-order chi connectivity index (χ0) is 19.9. The number of likely N-dealkylation sites (N-methyl/N-ethyl adjacent to an activating group) is 1. The minimum Gasteiger partial charge on any atom is -0.349 e. The SMILES string of the molecule is CN(C)CCNC(=O)c1ncn2c(C3CCN(S(=O)(=O)C4CC4)C3)ccnc12. The highest BCUT2D eigenvalue weighted by Crippen LogP contribution is 2.36. The highest BCUT2D eigenvalue weighted by atomic mass is 32.2. The lowest BCUT2D eigenvalue weighted by molar-refractivity contribution is 0.0948. The first-order valence-corrected chi connectivity index (χ1v) is 11.1. The van der Waals surface area contributed by atoms with E-state index in [1.165, 1.54) is 0 Å². The maximum Gasteiger partial charge on any atom is 0.273 e. The molecule has 1 N–H and O–H groups in total. The van der Waals surface area contributed by atoms with Crippen molar-refractivity contribution in [2.45, 2.75) is 30.4 Å². The third kappa shape index (κ3) is 3.63. The third-order valence-electron chi connectivity index (χ3n) is 5.40. The van der Waals surface area contributed by atoms with Crippen LogP contribution in [0.25, 0.3) is 5.65 Å². The summed E-state index contributed by atoms with van der Waals surface area (Å²) in [5.41, 5.74) is 1.74. The van der Waals surface area contributed by atoms with Crippen molar-refractivity contribution in [3.63, 3.8) is 0 Å². The molecule has 2 aromatic rings. The van der Waals surface area contributed by atoms with Gasteiger partial charge in [0.15, 0.2) is 11.3 Å².